The van der Waals surface area contributed by atoms with Crippen molar-refractivity contribution in [3.63, 3.8) is 0 Å². The van der Waals surface area contributed by atoms with Crippen LogP contribution < -0.4 is 9.47 Å². The fourth-order valence-electron chi connectivity index (χ4n) is 2.29. The van der Waals surface area contributed by atoms with Gasteiger partial charge in [0.15, 0.2) is 11.5 Å². The zero-order chi connectivity index (χ0) is 14.1. The second kappa shape index (κ2) is 4.89. The topological polar surface area (TPSA) is 35.8 Å². The third-order valence-electron chi connectivity index (χ3n) is 3.36. The molecule has 102 valence electrons. The Labute approximate surface area is 117 Å². The van der Waals surface area contributed by atoms with E-state index in [1.165, 1.54) is 0 Å². The second-order valence-electron chi connectivity index (χ2n) is 4.62. The van der Waals surface area contributed by atoms with E-state index in [-0.39, 0.29) is 0 Å². The third-order valence-corrected chi connectivity index (χ3v) is 3.36. The van der Waals surface area contributed by atoms with Gasteiger partial charge in [-0.05, 0) is 36.8 Å². The normalized spacial score (nSPS) is 10.8. The van der Waals surface area contributed by atoms with Crippen LogP contribution in [0.25, 0.3) is 16.9 Å². The highest BCUT2D eigenvalue weighted by atomic mass is 16.5. The van der Waals surface area contributed by atoms with Gasteiger partial charge >= 0.3 is 0 Å². The summed E-state index contributed by atoms with van der Waals surface area (Å²) in [7, 11) is 3.27. The van der Waals surface area contributed by atoms with Crippen LogP contribution in [0.1, 0.15) is 5.56 Å². The number of hydrogen-bond acceptors (Lipinski definition) is 3. The van der Waals surface area contributed by atoms with Gasteiger partial charge in [0.1, 0.15) is 5.65 Å². The first-order valence-corrected chi connectivity index (χ1v) is 6.39. The van der Waals surface area contributed by atoms with E-state index < -0.39 is 0 Å². The van der Waals surface area contributed by atoms with Crippen LogP contribution in [0.15, 0.2) is 42.7 Å². The number of aryl methyl sites for hydroxylation is 1. The number of hydrogen-bond donors (Lipinski definition) is 0. The first kappa shape index (κ1) is 12.5. The van der Waals surface area contributed by atoms with Crippen molar-refractivity contribution in [2.45, 2.75) is 6.92 Å². The molecule has 0 aliphatic heterocycles. The lowest BCUT2D eigenvalue weighted by molar-refractivity contribution is 0.355. The Kier molecular flexibility index (Phi) is 3.06. The van der Waals surface area contributed by atoms with Gasteiger partial charge in [-0.3, -0.25) is 0 Å². The molecule has 0 saturated carbocycles. The summed E-state index contributed by atoms with van der Waals surface area (Å²) < 4.78 is 12.6. The lowest BCUT2D eigenvalue weighted by Crippen LogP contribution is -1.90. The molecule has 0 N–H and O–H groups in total. The van der Waals surface area contributed by atoms with Crippen LogP contribution in [-0.2, 0) is 0 Å². The molecular weight excluding hydrogens is 252 g/mol. The summed E-state index contributed by atoms with van der Waals surface area (Å²) in [6.45, 7) is 2.06. The molecule has 3 aromatic rings. The number of aromatic nitrogens is 2. The molecule has 0 bridgehead atoms. The minimum Gasteiger partial charge on any atom is -0.493 e. The molecule has 0 amide bonds. The molecule has 4 nitrogen and oxygen atoms in total. The molecule has 0 radical (unpaired) electrons. The Morgan fingerprint density at radius 3 is 2.55 bits per heavy atom. The fraction of sp³-hybridized carbons (Fsp3) is 0.188. The monoisotopic (exact) mass is 268 g/mol. The van der Waals surface area contributed by atoms with Crippen molar-refractivity contribution in [3.8, 4) is 22.8 Å². The number of fused-ring (bicyclic) bond motifs is 1. The van der Waals surface area contributed by atoms with Gasteiger partial charge in [0.05, 0.1) is 19.9 Å². The number of ether oxygens (including phenoxy) is 2. The van der Waals surface area contributed by atoms with E-state index in [4.69, 9.17) is 9.47 Å². The minimum atomic E-state index is 0.707. The number of nitrogens with zero attached hydrogens (tertiary/aromatic N) is 2. The summed E-state index contributed by atoms with van der Waals surface area (Å²) in [5.74, 6) is 1.43. The van der Waals surface area contributed by atoms with Gasteiger partial charge < -0.3 is 13.9 Å². The standard InChI is InChI=1S/C16H16N2O2/c1-11-5-4-8-18-10-13(17-16(11)18)12-6-7-14(19-2)15(9-12)20-3/h4-10H,1-3H3. The zero-order valence-electron chi connectivity index (χ0n) is 11.8. The van der Waals surface area contributed by atoms with Crippen LogP contribution in [0.5, 0.6) is 11.5 Å². The molecule has 0 aliphatic rings. The Morgan fingerprint density at radius 2 is 1.85 bits per heavy atom. The highest BCUT2D eigenvalue weighted by molar-refractivity contribution is 5.67. The van der Waals surface area contributed by atoms with Crippen LogP contribution >= 0.6 is 0 Å². The van der Waals surface area contributed by atoms with Crippen molar-refractivity contribution in [2.24, 2.45) is 0 Å². The third kappa shape index (κ3) is 1.99. The largest absolute Gasteiger partial charge is 0.493 e. The zero-order valence-corrected chi connectivity index (χ0v) is 11.8. The first-order valence-electron chi connectivity index (χ1n) is 6.39. The number of methoxy groups -OCH3 is 2. The van der Waals surface area contributed by atoms with Gasteiger partial charge in [0.2, 0.25) is 0 Å². The van der Waals surface area contributed by atoms with Crippen molar-refractivity contribution in [1.82, 2.24) is 9.38 Å². The Balaban J connectivity index is 2.13. The Hall–Kier alpha value is -2.49. The summed E-state index contributed by atoms with van der Waals surface area (Å²) in [6.07, 6.45) is 4.02. The maximum absolute atomic E-state index is 5.34. The van der Waals surface area contributed by atoms with Crippen molar-refractivity contribution >= 4 is 5.65 Å². The summed E-state index contributed by atoms with van der Waals surface area (Å²) in [4.78, 5) is 4.68. The smallest absolute Gasteiger partial charge is 0.161 e. The molecule has 2 heterocycles. The number of rotatable bonds is 3. The van der Waals surface area contributed by atoms with Crippen molar-refractivity contribution in [3.05, 3.63) is 48.3 Å². The SMILES string of the molecule is COc1ccc(-c2cn3cccc(C)c3n2)cc1OC. The molecule has 0 saturated heterocycles. The molecule has 3 rings (SSSR count). The molecule has 1 aromatic carbocycles. The predicted octanol–water partition coefficient (Wildman–Crippen LogP) is 3.33. The van der Waals surface area contributed by atoms with E-state index in [2.05, 4.69) is 18.0 Å². The van der Waals surface area contributed by atoms with Crippen molar-refractivity contribution < 1.29 is 9.47 Å². The van der Waals surface area contributed by atoms with E-state index in [0.29, 0.717) is 5.75 Å². The summed E-state index contributed by atoms with van der Waals surface area (Å²) >= 11 is 0. The number of benzene rings is 1. The molecule has 2 aromatic heterocycles. The lowest BCUT2D eigenvalue weighted by Gasteiger charge is -2.08. The van der Waals surface area contributed by atoms with Gasteiger partial charge in [-0.15, -0.1) is 0 Å². The Morgan fingerprint density at radius 1 is 1.05 bits per heavy atom. The number of pyridine rings is 1. The second-order valence-corrected chi connectivity index (χ2v) is 4.62. The van der Waals surface area contributed by atoms with Crippen molar-refractivity contribution in [2.75, 3.05) is 14.2 Å². The van der Waals surface area contributed by atoms with E-state index >= 15 is 0 Å². The highest BCUT2D eigenvalue weighted by Gasteiger charge is 2.09. The van der Waals surface area contributed by atoms with Gasteiger partial charge in [-0.2, -0.15) is 0 Å². The predicted molar refractivity (Wildman–Crippen MR) is 78.5 cm³/mol. The summed E-state index contributed by atoms with van der Waals surface area (Å²) in [5, 5.41) is 0. The summed E-state index contributed by atoms with van der Waals surface area (Å²) in [6, 6.07) is 9.89. The minimum absolute atomic E-state index is 0.707. The first-order chi connectivity index (χ1) is 9.72. The molecule has 0 fully saturated rings. The average molecular weight is 268 g/mol. The van der Waals surface area contributed by atoms with Crippen LogP contribution in [-0.4, -0.2) is 23.6 Å². The molecule has 0 spiro atoms. The molecule has 20 heavy (non-hydrogen) atoms. The van der Waals surface area contributed by atoms with E-state index in [1.807, 2.05) is 41.1 Å². The summed E-state index contributed by atoms with van der Waals surface area (Å²) in [5.41, 5.74) is 4.04. The lowest BCUT2D eigenvalue weighted by atomic mass is 10.1. The fourth-order valence-corrected chi connectivity index (χ4v) is 2.29. The van der Waals surface area contributed by atoms with Crippen LogP contribution in [0.2, 0.25) is 0 Å². The number of imidazole rings is 1. The molecule has 4 heteroatoms. The van der Waals surface area contributed by atoms with Crippen LogP contribution in [0.3, 0.4) is 0 Å². The van der Waals surface area contributed by atoms with Gasteiger partial charge in [-0.1, -0.05) is 6.07 Å². The van der Waals surface area contributed by atoms with Gasteiger partial charge in [0.25, 0.3) is 0 Å². The van der Waals surface area contributed by atoms with E-state index in [1.54, 1.807) is 14.2 Å². The maximum atomic E-state index is 5.34. The quantitative estimate of drug-likeness (QED) is 0.731. The van der Waals surface area contributed by atoms with Gasteiger partial charge in [-0.25, -0.2) is 4.98 Å². The van der Waals surface area contributed by atoms with E-state index in [0.717, 1.165) is 28.2 Å². The molecule has 0 unspecified atom stereocenters. The molecule has 0 atom stereocenters. The van der Waals surface area contributed by atoms with Gasteiger partial charge in [0, 0.05) is 18.0 Å². The highest BCUT2D eigenvalue weighted by Crippen LogP contribution is 2.32. The van der Waals surface area contributed by atoms with E-state index in [9.17, 15) is 0 Å². The maximum Gasteiger partial charge on any atom is 0.161 e. The molecular formula is C16H16N2O2. The van der Waals surface area contributed by atoms with Crippen LogP contribution in [0.4, 0.5) is 0 Å². The van der Waals surface area contributed by atoms with Crippen molar-refractivity contribution in [1.29, 1.82) is 0 Å². The Bertz CT molecular complexity index is 762. The molecule has 0 aliphatic carbocycles. The average Bonchev–Trinajstić information content (AvgIpc) is 2.92. The van der Waals surface area contributed by atoms with Crippen LogP contribution in [0, 0.1) is 6.92 Å².